The molecule has 8 nitrogen and oxygen atoms in total. The number of aliphatic hydroxyl groups excluding tert-OH is 1. The summed E-state index contributed by atoms with van der Waals surface area (Å²) < 4.78 is 38.4. The van der Waals surface area contributed by atoms with E-state index in [9.17, 15) is 23.5 Å². The van der Waals surface area contributed by atoms with Crippen molar-refractivity contribution in [2.75, 3.05) is 19.8 Å². The van der Waals surface area contributed by atoms with Crippen LogP contribution in [0.3, 0.4) is 0 Å². The van der Waals surface area contributed by atoms with Crippen molar-refractivity contribution in [2.45, 2.75) is 50.2 Å². The Balaban J connectivity index is 1.37. The predicted octanol–water partition coefficient (Wildman–Crippen LogP) is 1.82. The Labute approximate surface area is 195 Å². The maximum Gasteiger partial charge on any atom is 0.254 e. The lowest BCUT2D eigenvalue weighted by Gasteiger charge is -2.44. The summed E-state index contributed by atoms with van der Waals surface area (Å²) in [6.07, 6.45) is 2.59. The third-order valence-corrected chi connectivity index (χ3v) is 5.99. The van der Waals surface area contributed by atoms with Gasteiger partial charge in [-0.3, -0.25) is 14.6 Å². The number of carbonyl (C=O) groups is 2. The van der Waals surface area contributed by atoms with Crippen LogP contribution >= 0.6 is 0 Å². The van der Waals surface area contributed by atoms with E-state index in [4.69, 9.17) is 9.47 Å². The first-order chi connectivity index (χ1) is 16.4. The van der Waals surface area contributed by atoms with E-state index in [1.165, 1.54) is 12.1 Å². The molecule has 2 saturated heterocycles. The van der Waals surface area contributed by atoms with Crippen LogP contribution in [-0.2, 0) is 20.8 Å². The Kier molecular flexibility index (Phi) is 7.81. The third kappa shape index (κ3) is 6.13. The molecule has 1 aromatic carbocycles. The Morgan fingerprint density at radius 2 is 1.85 bits per heavy atom. The number of benzene rings is 1. The lowest BCUT2D eigenvalue weighted by molar-refractivity contribution is -0.151. The average molecular weight is 475 g/mol. The molecule has 0 spiro atoms. The first-order valence-corrected chi connectivity index (χ1v) is 11.2. The number of nitrogens with one attached hydrogen (secondary N) is 1. The molecule has 3 heterocycles. The average Bonchev–Trinajstić information content (AvgIpc) is 2.80. The molecule has 0 bridgehead atoms. The van der Waals surface area contributed by atoms with E-state index < -0.39 is 29.9 Å². The highest BCUT2D eigenvalue weighted by Crippen LogP contribution is 2.28. The summed E-state index contributed by atoms with van der Waals surface area (Å²) in [6.45, 7) is 0.368. The minimum Gasteiger partial charge on any atom is -0.389 e. The minimum absolute atomic E-state index is 0.00149. The highest BCUT2D eigenvalue weighted by Gasteiger charge is 2.40. The number of fused-ring (bicyclic) bond motifs is 1. The van der Waals surface area contributed by atoms with Gasteiger partial charge in [-0.15, -0.1) is 0 Å². The Morgan fingerprint density at radius 1 is 1.12 bits per heavy atom. The number of pyridine rings is 1. The third-order valence-electron chi connectivity index (χ3n) is 5.99. The van der Waals surface area contributed by atoms with Gasteiger partial charge in [0.2, 0.25) is 5.91 Å². The van der Waals surface area contributed by atoms with E-state index >= 15 is 0 Å². The van der Waals surface area contributed by atoms with Crippen LogP contribution in [0.4, 0.5) is 8.78 Å². The molecule has 2 aromatic rings. The van der Waals surface area contributed by atoms with Gasteiger partial charge in [-0.2, -0.15) is 0 Å². The number of aliphatic hydroxyl groups is 1. The largest absolute Gasteiger partial charge is 0.389 e. The number of halogens is 2. The van der Waals surface area contributed by atoms with Crippen molar-refractivity contribution in [1.82, 2.24) is 15.2 Å². The summed E-state index contributed by atoms with van der Waals surface area (Å²) in [5, 5.41) is 12.9. The SMILES string of the molecule is O=C(C[C@H]1CC[C@H]2[C@@H](COC[C@H](O)CN2C(=O)c2ccncc2)O1)NCc1cc(F)cc(F)c1. The molecule has 182 valence electrons. The van der Waals surface area contributed by atoms with Crippen molar-refractivity contribution in [3.8, 4) is 0 Å². The van der Waals surface area contributed by atoms with Crippen molar-refractivity contribution >= 4 is 11.8 Å². The van der Waals surface area contributed by atoms with Gasteiger partial charge in [0.25, 0.3) is 5.91 Å². The van der Waals surface area contributed by atoms with E-state index in [0.717, 1.165) is 6.07 Å². The molecule has 4 atom stereocenters. The van der Waals surface area contributed by atoms with Crippen LogP contribution < -0.4 is 5.32 Å². The van der Waals surface area contributed by atoms with Crippen molar-refractivity contribution in [3.05, 3.63) is 65.5 Å². The summed E-state index contributed by atoms with van der Waals surface area (Å²) in [5.41, 5.74) is 0.797. The topological polar surface area (TPSA) is 101 Å². The second-order valence-electron chi connectivity index (χ2n) is 8.58. The molecule has 0 saturated carbocycles. The van der Waals surface area contributed by atoms with Gasteiger partial charge in [0.1, 0.15) is 17.7 Å². The normalized spacial score (nSPS) is 25.1. The number of carbonyl (C=O) groups excluding carboxylic acids is 2. The number of ether oxygens (including phenoxy) is 2. The van der Waals surface area contributed by atoms with Gasteiger partial charge in [0, 0.05) is 37.1 Å². The lowest BCUT2D eigenvalue weighted by atomic mass is 9.94. The summed E-state index contributed by atoms with van der Waals surface area (Å²) in [5.74, 6) is -1.93. The van der Waals surface area contributed by atoms with Crippen LogP contribution in [0.15, 0.2) is 42.7 Å². The summed E-state index contributed by atoms with van der Waals surface area (Å²) in [6, 6.07) is 6.04. The number of nitrogens with zero attached hydrogens (tertiary/aromatic N) is 2. The second kappa shape index (κ2) is 11.0. The summed E-state index contributed by atoms with van der Waals surface area (Å²) in [4.78, 5) is 31.2. The molecule has 2 aliphatic heterocycles. The number of amides is 2. The summed E-state index contributed by atoms with van der Waals surface area (Å²) >= 11 is 0. The predicted molar refractivity (Wildman–Crippen MR) is 117 cm³/mol. The summed E-state index contributed by atoms with van der Waals surface area (Å²) in [7, 11) is 0. The van der Waals surface area contributed by atoms with E-state index in [-0.39, 0.29) is 50.6 Å². The van der Waals surface area contributed by atoms with E-state index in [1.807, 2.05) is 0 Å². The number of hydrogen-bond donors (Lipinski definition) is 2. The molecule has 2 fully saturated rings. The standard InChI is InChI=1S/C24H27F2N3O5/c25-17-7-15(8-18(26)9-17)11-28-23(31)10-20-1-2-21-22(34-20)14-33-13-19(30)12-29(21)24(32)16-3-5-27-6-4-16/h3-9,19-22,30H,1-2,10-14H2,(H,28,31)/t19-,20-,21+,22-/m1/s1. The first-order valence-electron chi connectivity index (χ1n) is 11.2. The van der Waals surface area contributed by atoms with Crippen molar-refractivity contribution in [2.24, 2.45) is 0 Å². The van der Waals surface area contributed by atoms with Gasteiger partial charge >= 0.3 is 0 Å². The molecule has 1 aromatic heterocycles. The zero-order valence-corrected chi connectivity index (χ0v) is 18.5. The molecule has 0 unspecified atom stereocenters. The molecule has 0 aliphatic carbocycles. The highest BCUT2D eigenvalue weighted by atomic mass is 19.1. The Hall–Kier alpha value is -2.95. The van der Waals surface area contributed by atoms with E-state index in [0.29, 0.717) is 24.0 Å². The molecule has 2 N–H and O–H groups in total. The van der Waals surface area contributed by atoms with Gasteiger partial charge in [0.05, 0.1) is 37.9 Å². The maximum absolute atomic E-state index is 13.3. The minimum atomic E-state index is -0.817. The van der Waals surface area contributed by atoms with Crippen LogP contribution in [-0.4, -0.2) is 70.9 Å². The van der Waals surface area contributed by atoms with E-state index in [2.05, 4.69) is 10.3 Å². The van der Waals surface area contributed by atoms with E-state index in [1.54, 1.807) is 29.4 Å². The maximum atomic E-state index is 13.3. The quantitative estimate of drug-likeness (QED) is 0.684. The molecular formula is C24H27F2N3O5. The monoisotopic (exact) mass is 475 g/mol. The Bertz CT molecular complexity index is 989. The molecule has 2 aliphatic rings. The van der Waals surface area contributed by atoms with Gasteiger partial charge < -0.3 is 24.8 Å². The molecule has 4 rings (SSSR count). The zero-order chi connectivity index (χ0) is 24.1. The fourth-order valence-corrected chi connectivity index (χ4v) is 4.43. The van der Waals surface area contributed by atoms with Crippen LogP contribution in [0.5, 0.6) is 0 Å². The smallest absolute Gasteiger partial charge is 0.254 e. The first kappa shape index (κ1) is 24.2. The fourth-order valence-electron chi connectivity index (χ4n) is 4.43. The van der Waals surface area contributed by atoms with Crippen molar-refractivity contribution in [1.29, 1.82) is 0 Å². The highest BCUT2D eigenvalue weighted by molar-refractivity contribution is 5.94. The van der Waals surface area contributed by atoms with Crippen LogP contribution in [0.2, 0.25) is 0 Å². The fraction of sp³-hybridized carbons (Fsp3) is 0.458. The molecule has 10 heteroatoms. The Morgan fingerprint density at radius 3 is 2.59 bits per heavy atom. The van der Waals surface area contributed by atoms with Crippen molar-refractivity contribution < 1.29 is 33.0 Å². The number of rotatable bonds is 5. The second-order valence-corrected chi connectivity index (χ2v) is 8.58. The van der Waals surface area contributed by atoms with Crippen LogP contribution in [0.25, 0.3) is 0 Å². The van der Waals surface area contributed by atoms with Crippen molar-refractivity contribution in [3.63, 3.8) is 0 Å². The zero-order valence-electron chi connectivity index (χ0n) is 18.5. The van der Waals surface area contributed by atoms with Gasteiger partial charge in [0.15, 0.2) is 0 Å². The number of aromatic nitrogens is 1. The van der Waals surface area contributed by atoms with Gasteiger partial charge in [-0.1, -0.05) is 0 Å². The molecule has 34 heavy (non-hydrogen) atoms. The lowest BCUT2D eigenvalue weighted by Crippen LogP contribution is -2.57. The molecule has 2 amide bonds. The molecular weight excluding hydrogens is 448 g/mol. The van der Waals surface area contributed by atoms with Crippen LogP contribution in [0, 0.1) is 11.6 Å². The van der Waals surface area contributed by atoms with Gasteiger partial charge in [-0.05, 0) is 42.7 Å². The molecule has 0 radical (unpaired) electrons. The van der Waals surface area contributed by atoms with Gasteiger partial charge in [-0.25, -0.2) is 8.78 Å². The number of hydrogen-bond acceptors (Lipinski definition) is 6. The number of β-amino-alcohol motifs (C(OH)–C–C–N with tert-alkyl or cyclic N) is 1. The van der Waals surface area contributed by atoms with Crippen LogP contribution in [0.1, 0.15) is 35.2 Å².